The van der Waals surface area contributed by atoms with E-state index in [0.717, 1.165) is 33.3 Å². The molecule has 0 atom stereocenters. The van der Waals surface area contributed by atoms with Crippen LogP contribution >= 0.6 is 0 Å². The minimum Gasteiger partial charge on any atom is -0.392 e. The van der Waals surface area contributed by atoms with Crippen LogP contribution in [-0.4, -0.2) is 9.67 Å². The van der Waals surface area contributed by atoms with Crippen molar-refractivity contribution in [3.05, 3.63) is 82.7 Å². The van der Waals surface area contributed by atoms with Crippen molar-refractivity contribution in [2.45, 2.75) is 27.0 Å². The predicted molar refractivity (Wildman–Crippen MR) is 100 cm³/mol. The molecule has 2 nitrogen and oxygen atoms in total. The fourth-order valence-corrected chi connectivity index (χ4v) is 3.79. The Balaban J connectivity index is 2.03. The van der Waals surface area contributed by atoms with Crippen LogP contribution in [0, 0.1) is 19.7 Å². The number of aromatic nitrogens is 1. The molecule has 1 aromatic heterocycles. The van der Waals surface area contributed by atoms with E-state index in [1.54, 1.807) is 0 Å². The van der Waals surface area contributed by atoms with Gasteiger partial charge in [-0.1, -0.05) is 30.3 Å². The molecule has 3 heteroatoms. The van der Waals surface area contributed by atoms with Crippen LogP contribution in [0.25, 0.3) is 21.8 Å². The van der Waals surface area contributed by atoms with Gasteiger partial charge in [-0.25, -0.2) is 4.39 Å². The molecular formula is C22H20FNO. The van der Waals surface area contributed by atoms with Crippen LogP contribution in [0.15, 0.2) is 54.6 Å². The van der Waals surface area contributed by atoms with Crippen molar-refractivity contribution in [1.82, 2.24) is 4.57 Å². The molecule has 0 aliphatic rings. The summed E-state index contributed by atoms with van der Waals surface area (Å²) in [6.07, 6.45) is 0. The molecule has 0 aliphatic carbocycles. The second-order valence-electron chi connectivity index (χ2n) is 6.58. The molecule has 0 radical (unpaired) electrons. The van der Waals surface area contributed by atoms with Gasteiger partial charge in [0.15, 0.2) is 0 Å². The fourth-order valence-electron chi connectivity index (χ4n) is 3.79. The summed E-state index contributed by atoms with van der Waals surface area (Å²) in [7, 11) is 0. The van der Waals surface area contributed by atoms with Gasteiger partial charge >= 0.3 is 0 Å². The van der Waals surface area contributed by atoms with Crippen LogP contribution in [0.1, 0.15) is 22.3 Å². The number of rotatable bonds is 3. The maximum atomic E-state index is 13.2. The Labute approximate surface area is 146 Å². The molecule has 0 aliphatic heterocycles. The van der Waals surface area contributed by atoms with Crippen molar-refractivity contribution in [3.63, 3.8) is 0 Å². The highest BCUT2D eigenvalue weighted by molar-refractivity contribution is 6.10. The van der Waals surface area contributed by atoms with Crippen molar-refractivity contribution in [1.29, 1.82) is 0 Å². The van der Waals surface area contributed by atoms with Gasteiger partial charge in [0.05, 0.1) is 6.61 Å². The normalized spacial score (nSPS) is 11.5. The van der Waals surface area contributed by atoms with Gasteiger partial charge in [-0.15, -0.1) is 0 Å². The number of halogens is 1. The first-order chi connectivity index (χ1) is 12.1. The molecular weight excluding hydrogens is 313 g/mol. The monoisotopic (exact) mass is 333 g/mol. The molecule has 0 amide bonds. The number of hydrogen-bond donors (Lipinski definition) is 1. The van der Waals surface area contributed by atoms with E-state index in [9.17, 15) is 9.50 Å². The number of nitrogens with zero attached hydrogens (tertiary/aromatic N) is 1. The summed E-state index contributed by atoms with van der Waals surface area (Å²) in [5, 5.41) is 12.1. The molecule has 0 fully saturated rings. The van der Waals surface area contributed by atoms with E-state index in [4.69, 9.17) is 0 Å². The van der Waals surface area contributed by atoms with Crippen molar-refractivity contribution < 1.29 is 9.50 Å². The van der Waals surface area contributed by atoms with Crippen LogP contribution in [0.2, 0.25) is 0 Å². The predicted octanol–water partition coefficient (Wildman–Crippen LogP) is 5.09. The van der Waals surface area contributed by atoms with Gasteiger partial charge in [0.25, 0.3) is 0 Å². The number of hydrogen-bond acceptors (Lipinski definition) is 1. The van der Waals surface area contributed by atoms with Gasteiger partial charge in [0.1, 0.15) is 5.82 Å². The topological polar surface area (TPSA) is 25.2 Å². The van der Waals surface area contributed by atoms with E-state index in [1.165, 1.54) is 22.9 Å². The summed E-state index contributed by atoms with van der Waals surface area (Å²) in [6, 6.07) is 17.1. The highest BCUT2D eigenvalue weighted by Gasteiger charge is 2.16. The molecule has 0 spiro atoms. The van der Waals surface area contributed by atoms with E-state index < -0.39 is 0 Å². The Morgan fingerprint density at radius 2 is 1.68 bits per heavy atom. The molecule has 0 bridgehead atoms. The van der Waals surface area contributed by atoms with Crippen molar-refractivity contribution in [3.8, 4) is 0 Å². The Morgan fingerprint density at radius 1 is 0.960 bits per heavy atom. The highest BCUT2D eigenvalue weighted by Crippen LogP contribution is 2.35. The lowest BCUT2D eigenvalue weighted by Crippen LogP contribution is -2.01. The minimum atomic E-state index is -0.217. The lowest BCUT2D eigenvalue weighted by Gasteiger charge is -2.12. The summed E-state index contributed by atoms with van der Waals surface area (Å²) < 4.78 is 15.5. The second kappa shape index (κ2) is 6.01. The first kappa shape index (κ1) is 15.9. The summed E-state index contributed by atoms with van der Waals surface area (Å²) in [5.74, 6) is -0.217. The molecule has 126 valence electrons. The van der Waals surface area contributed by atoms with E-state index in [2.05, 4.69) is 29.7 Å². The average Bonchev–Trinajstić information content (AvgIpc) is 2.91. The maximum Gasteiger partial charge on any atom is 0.123 e. The first-order valence-corrected chi connectivity index (χ1v) is 8.45. The zero-order chi connectivity index (χ0) is 17.6. The maximum absolute atomic E-state index is 13.2. The fraction of sp³-hybridized carbons (Fsp3) is 0.182. The van der Waals surface area contributed by atoms with Crippen LogP contribution in [0.4, 0.5) is 4.39 Å². The third-order valence-corrected chi connectivity index (χ3v) is 5.08. The lowest BCUT2D eigenvalue weighted by atomic mass is 9.98. The van der Waals surface area contributed by atoms with Gasteiger partial charge in [-0.3, -0.25) is 0 Å². The molecule has 25 heavy (non-hydrogen) atoms. The molecule has 1 heterocycles. The van der Waals surface area contributed by atoms with E-state index in [0.29, 0.717) is 6.54 Å². The molecule has 4 rings (SSSR count). The van der Waals surface area contributed by atoms with Gasteiger partial charge in [-0.2, -0.15) is 0 Å². The van der Waals surface area contributed by atoms with Gasteiger partial charge in [0, 0.05) is 28.4 Å². The van der Waals surface area contributed by atoms with E-state index >= 15 is 0 Å². The summed E-state index contributed by atoms with van der Waals surface area (Å²) in [5.41, 5.74) is 6.59. The number of aliphatic hydroxyl groups is 1. The zero-order valence-corrected chi connectivity index (χ0v) is 14.4. The Morgan fingerprint density at radius 3 is 2.40 bits per heavy atom. The van der Waals surface area contributed by atoms with Gasteiger partial charge in [-0.05, 0) is 60.4 Å². The highest BCUT2D eigenvalue weighted by atomic mass is 19.1. The quantitative estimate of drug-likeness (QED) is 0.555. The van der Waals surface area contributed by atoms with Crippen molar-refractivity contribution in [2.24, 2.45) is 0 Å². The Bertz CT molecular complexity index is 1080. The minimum absolute atomic E-state index is 0.0467. The number of fused-ring (bicyclic) bond motifs is 3. The van der Waals surface area contributed by atoms with Crippen LogP contribution < -0.4 is 0 Å². The number of aryl methyl sites for hydroxylation is 2. The first-order valence-electron chi connectivity index (χ1n) is 8.45. The van der Waals surface area contributed by atoms with Crippen molar-refractivity contribution >= 4 is 21.8 Å². The van der Waals surface area contributed by atoms with E-state index in [-0.39, 0.29) is 12.4 Å². The van der Waals surface area contributed by atoms with Crippen molar-refractivity contribution in [2.75, 3.05) is 0 Å². The van der Waals surface area contributed by atoms with Crippen LogP contribution in [0.5, 0.6) is 0 Å². The molecule has 0 saturated carbocycles. The Kier molecular flexibility index (Phi) is 3.81. The largest absolute Gasteiger partial charge is 0.392 e. The molecule has 0 unspecified atom stereocenters. The number of para-hydroxylation sites is 1. The lowest BCUT2D eigenvalue weighted by molar-refractivity contribution is 0.280. The summed E-state index contributed by atoms with van der Waals surface area (Å²) >= 11 is 0. The molecule has 1 N–H and O–H groups in total. The SMILES string of the molecule is Cc1cc2c(c(C)c1CO)c1ccccc1n2Cc1ccc(F)cc1. The molecule has 4 aromatic rings. The molecule has 3 aromatic carbocycles. The summed E-state index contributed by atoms with van der Waals surface area (Å²) in [6.45, 7) is 4.85. The van der Waals surface area contributed by atoms with Crippen LogP contribution in [0.3, 0.4) is 0 Å². The smallest absolute Gasteiger partial charge is 0.123 e. The standard InChI is InChI=1S/C22H20FNO/c1-14-11-21-22(15(2)19(14)13-25)18-5-3-4-6-20(18)24(21)12-16-7-9-17(23)10-8-16/h3-11,25H,12-13H2,1-2H3. The third kappa shape index (κ3) is 2.52. The van der Waals surface area contributed by atoms with Crippen LogP contribution in [-0.2, 0) is 13.2 Å². The number of aliphatic hydroxyl groups excluding tert-OH is 1. The van der Waals surface area contributed by atoms with E-state index in [1.807, 2.05) is 31.2 Å². The third-order valence-electron chi connectivity index (χ3n) is 5.08. The summed E-state index contributed by atoms with van der Waals surface area (Å²) in [4.78, 5) is 0. The Hall–Kier alpha value is -2.65. The zero-order valence-electron chi connectivity index (χ0n) is 14.4. The number of benzene rings is 3. The van der Waals surface area contributed by atoms with Gasteiger partial charge < -0.3 is 9.67 Å². The molecule has 0 saturated heterocycles. The average molecular weight is 333 g/mol. The second-order valence-corrected chi connectivity index (χ2v) is 6.58. The van der Waals surface area contributed by atoms with Gasteiger partial charge in [0.2, 0.25) is 0 Å².